The second-order valence-electron chi connectivity index (χ2n) is 7.16. The highest BCUT2D eigenvalue weighted by Crippen LogP contribution is 2.31. The van der Waals surface area contributed by atoms with E-state index in [0.29, 0.717) is 19.4 Å². The summed E-state index contributed by atoms with van der Waals surface area (Å²) >= 11 is 0. The summed E-state index contributed by atoms with van der Waals surface area (Å²) in [5.74, 6) is 0.832. The van der Waals surface area contributed by atoms with E-state index in [1.807, 2.05) is 60.4 Å². The van der Waals surface area contributed by atoms with Crippen molar-refractivity contribution < 1.29 is 25.2 Å². The average molecular weight is 387 g/mol. The molecule has 0 aromatic heterocycles. The minimum Gasteiger partial charge on any atom is -0.494 e. The van der Waals surface area contributed by atoms with E-state index in [0.717, 1.165) is 22.6 Å². The molecule has 4 N–H and O–H groups in total. The number of aliphatic hydroxyl groups excluding tert-OH is 4. The van der Waals surface area contributed by atoms with Crippen LogP contribution in [0.15, 0.2) is 48.5 Å². The van der Waals surface area contributed by atoms with Crippen molar-refractivity contribution in [2.45, 2.75) is 44.1 Å². The van der Waals surface area contributed by atoms with Gasteiger partial charge in [-0.1, -0.05) is 30.3 Å². The van der Waals surface area contributed by atoms with Crippen LogP contribution < -0.4 is 9.64 Å². The molecule has 0 bridgehead atoms. The molecule has 0 saturated carbocycles. The quantitative estimate of drug-likeness (QED) is 0.573. The van der Waals surface area contributed by atoms with Gasteiger partial charge in [-0.05, 0) is 49.1 Å². The zero-order valence-corrected chi connectivity index (χ0v) is 16.1. The van der Waals surface area contributed by atoms with Gasteiger partial charge < -0.3 is 30.1 Å². The van der Waals surface area contributed by atoms with E-state index in [9.17, 15) is 20.4 Å². The number of para-hydroxylation sites is 1. The minimum atomic E-state index is -1.22. The third-order valence-electron chi connectivity index (χ3n) is 5.28. The largest absolute Gasteiger partial charge is 0.494 e. The van der Waals surface area contributed by atoms with Crippen LogP contribution in [0.1, 0.15) is 24.5 Å². The fourth-order valence-electron chi connectivity index (χ4n) is 3.85. The van der Waals surface area contributed by atoms with Gasteiger partial charge in [0, 0.05) is 18.8 Å². The molecule has 0 amide bonds. The van der Waals surface area contributed by atoms with Gasteiger partial charge in [0.25, 0.3) is 0 Å². The first-order chi connectivity index (χ1) is 13.5. The Hall–Kier alpha value is -2.12. The first kappa shape index (κ1) is 20.6. The Morgan fingerprint density at radius 1 is 1.00 bits per heavy atom. The molecular formula is C22H29NO5. The number of benzene rings is 2. The highest BCUT2D eigenvalue weighted by molar-refractivity contribution is 5.57. The van der Waals surface area contributed by atoms with E-state index in [1.165, 1.54) is 0 Å². The van der Waals surface area contributed by atoms with Gasteiger partial charge in [0.1, 0.15) is 18.0 Å². The Labute approximate surface area is 165 Å². The van der Waals surface area contributed by atoms with Gasteiger partial charge in [-0.3, -0.25) is 0 Å². The zero-order valence-electron chi connectivity index (χ0n) is 16.1. The van der Waals surface area contributed by atoms with E-state index in [4.69, 9.17) is 4.74 Å². The Morgan fingerprint density at radius 3 is 2.39 bits per heavy atom. The molecule has 3 rings (SSSR count). The summed E-state index contributed by atoms with van der Waals surface area (Å²) in [7, 11) is 0. The van der Waals surface area contributed by atoms with Crippen LogP contribution in [-0.2, 0) is 6.42 Å². The summed E-state index contributed by atoms with van der Waals surface area (Å²) in [6.07, 6.45) is -2.41. The van der Waals surface area contributed by atoms with Crippen LogP contribution in [0.4, 0.5) is 5.69 Å². The van der Waals surface area contributed by atoms with Gasteiger partial charge in [0.05, 0.1) is 18.8 Å². The topological polar surface area (TPSA) is 93.4 Å². The van der Waals surface area contributed by atoms with Crippen LogP contribution in [0.2, 0.25) is 0 Å². The van der Waals surface area contributed by atoms with Crippen LogP contribution in [0.25, 0.3) is 0 Å². The van der Waals surface area contributed by atoms with E-state index >= 15 is 0 Å². The molecule has 2 aromatic carbocycles. The number of hydrogen-bond acceptors (Lipinski definition) is 6. The number of anilines is 1. The van der Waals surface area contributed by atoms with Gasteiger partial charge in [-0.25, -0.2) is 0 Å². The van der Waals surface area contributed by atoms with Crippen LogP contribution in [0.3, 0.4) is 0 Å². The van der Waals surface area contributed by atoms with Crippen LogP contribution in [0.5, 0.6) is 5.75 Å². The fraction of sp³-hybridized carbons (Fsp3) is 0.455. The fourth-order valence-corrected chi connectivity index (χ4v) is 3.85. The van der Waals surface area contributed by atoms with Crippen molar-refractivity contribution >= 4 is 5.69 Å². The molecule has 0 spiro atoms. The van der Waals surface area contributed by atoms with Crippen molar-refractivity contribution in [2.75, 3.05) is 24.7 Å². The second-order valence-corrected chi connectivity index (χ2v) is 7.16. The Kier molecular flexibility index (Phi) is 6.91. The maximum Gasteiger partial charge on any atom is 0.119 e. The van der Waals surface area contributed by atoms with E-state index in [-0.39, 0.29) is 13.2 Å². The first-order valence-electron chi connectivity index (χ1n) is 9.76. The number of rotatable bonds is 7. The first-order valence-corrected chi connectivity index (χ1v) is 9.76. The molecule has 1 aliphatic rings. The molecule has 1 fully saturated rings. The second kappa shape index (κ2) is 9.39. The Morgan fingerprint density at radius 2 is 1.71 bits per heavy atom. The van der Waals surface area contributed by atoms with Gasteiger partial charge in [-0.2, -0.15) is 0 Å². The molecule has 1 saturated heterocycles. The molecule has 0 radical (unpaired) electrons. The molecule has 2 aromatic rings. The van der Waals surface area contributed by atoms with Gasteiger partial charge in [-0.15, -0.1) is 0 Å². The predicted molar refractivity (Wildman–Crippen MR) is 108 cm³/mol. The maximum atomic E-state index is 10.5. The molecule has 1 heterocycles. The lowest BCUT2D eigenvalue weighted by Crippen LogP contribution is -2.61. The summed E-state index contributed by atoms with van der Waals surface area (Å²) in [5, 5.41) is 40.2. The molecule has 152 valence electrons. The standard InChI is InChI=1S/C22H29NO5/c1-2-28-17-9-7-15(8-10-17)13-16-5-3-4-6-18(16)23-14-20(25)22(27)21(26)19(23)11-12-24/h3-10,19-22,24-27H,2,11-14H2,1H3. The van der Waals surface area contributed by atoms with Gasteiger partial charge >= 0.3 is 0 Å². The SMILES string of the molecule is CCOc1ccc(Cc2ccccc2N2CC(O)C(O)C(O)C2CCO)cc1. The molecule has 6 heteroatoms. The average Bonchev–Trinajstić information content (AvgIpc) is 2.70. The summed E-state index contributed by atoms with van der Waals surface area (Å²) in [6.45, 7) is 2.66. The highest BCUT2D eigenvalue weighted by Gasteiger charge is 2.41. The molecule has 1 aliphatic heterocycles. The lowest BCUT2D eigenvalue weighted by atomic mass is 9.90. The van der Waals surface area contributed by atoms with Gasteiger partial charge in [0.15, 0.2) is 0 Å². The molecule has 4 atom stereocenters. The third kappa shape index (κ3) is 4.47. The smallest absolute Gasteiger partial charge is 0.119 e. The number of aliphatic hydroxyl groups is 4. The minimum absolute atomic E-state index is 0.109. The number of ether oxygens (including phenoxy) is 1. The van der Waals surface area contributed by atoms with Crippen LogP contribution >= 0.6 is 0 Å². The number of β-amino-alcohol motifs (C(OH)–C–C–N with tert-alkyl or cyclic N) is 1. The maximum absolute atomic E-state index is 10.5. The van der Waals surface area contributed by atoms with E-state index in [2.05, 4.69) is 0 Å². The van der Waals surface area contributed by atoms with Crippen molar-refractivity contribution in [3.63, 3.8) is 0 Å². The summed E-state index contributed by atoms with van der Waals surface area (Å²) < 4.78 is 5.49. The van der Waals surface area contributed by atoms with Crippen LogP contribution in [0, 0.1) is 0 Å². The summed E-state index contributed by atoms with van der Waals surface area (Å²) in [6, 6.07) is 15.3. The Balaban J connectivity index is 1.87. The summed E-state index contributed by atoms with van der Waals surface area (Å²) in [5.41, 5.74) is 3.05. The van der Waals surface area contributed by atoms with Crippen LogP contribution in [-0.4, -0.2) is 64.5 Å². The predicted octanol–water partition coefficient (Wildman–Crippen LogP) is 1.33. The molecule has 0 aliphatic carbocycles. The summed E-state index contributed by atoms with van der Waals surface area (Å²) in [4.78, 5) is 1.90. The van der Waals surface area contributed by atoms with Gasteiger partial charge in [0.2, 0.25) is 0 Å². The third-order valence-corrected chi connectivity index (χ3v) is 5.28. The number of nitrogens with zero attached hydrogens (tertiary/aromatic N) is 1. The van der Waals surface area contributed by atoms with E-state index in [1.54, 1.807) is 0 Å². The lowest BCUT2D eigenvalue weighted by Gasteiger charge is -2.45. The highest BCUT2D eigenvalue weighted by atomic mass is 16.5. The van der Waals surface area contributed by atoms with Crippen molar-refractivity contribution in [1.29, 1.82) is 0 Å². The normalized spacial score (nSPS) is 25.0. The van der Waals surface area contributed by atoms with Crippen molar-refractivity contribution in [3.8, 4) is 5.75 Å². The Bertz CT molecular complexity index is 751. The molecule has 28 heavy (non-hydrogen) atoms. The van der Waals surface area contributed by atoms with E-state index < -0.39 is 24.4 Å². The number of piperidine rings is 1. The zero-order chi connectivity index (χ0) is 20.1. The van der Waals surface area contributed by atoms with Crippen molar-refractivity contribution in [1.82, 2.24) is 0 Å². The number of hydrogen-bond donors (Lipinski definition) is 4. The van der Waals surface area contributed by atoms with Crippen molar-refractivity contribution in [2.24, 2.45) is 0 Å². The monoisotopic (exact) mass is 387 g/mol. The molecule has 4 unspecified atom stereocenters. The molecule has 6 nitrogen and oxygen atoms in total. The lowest BCUT2D eigenvalue weighted by molar-refractivity contribution is -0.0865. The van der Waals surface area contributed by atoms with Crippen molar-refractivity contribution in [3.05, 3.63) is 59.7 Å². The molecular weight excluding hydrogens is 358 g/mol.